The lowest BCUT2D eigenvalue weighted by Crippen LogP contribution is -2.44. The standard InChI is InChI=1S/C18H24F3N3O/c19-18(20,21)14-5-4-8-16(13-14)23-17(24-9-11-25-12-10-24)22-15-6-2-1-3-7-15/h4-5,8,13,15H,1-3,6-7,9-12H2,(H,22,23). The first kappa shape index (κ1) is 18.0. The summed E-state index contributed by atoms with van der Waals surface area (Å²) in [5.74, 6) is 0.662. The van der Waals surface area contributed by atoms with Gasteiger partial charge in [-0.1, -0.05) is 25.3 Å². The maximum atomic E-state index is 12.9. The van der Waals surface area contributed by atoms with E-state index in [2.05, 4.69) is 10.2 Å². The molecule has 1 N–H and O–H groups in total. The molecule has 3 rings (SSSR count). The molecule has 1 aliphatic heterocycles. The summed E-state index contributed by atoms with van der Waals surface area (Å²) < 4.78 is 44.2. The van der Waals surface area contributed by atoms with E-state index < -0.39 is 11.7 Å². The van der Waals surface area contributed by atoms with Gasteiger partial charge in [0.25, 0.3) is 0 Å². The SMILES string of the molecule is FC(F)(F)c1cccc(NC(=NC2CCCCC2)N2CCOCC2)c1. The molecule has 1 saturated carbocycles. The van der Waals surface area contributed by atoms with Crippen molar-refractivity contribution in [1.29, 1.82) is 0 Å². The van der Waals surface area contributed by atoms with Crippen LogP contribution in [0.1, 0.15) is 37.7 Å². The van der Waals surface area contributed by atoms with Crippen molar-refractivity contribution in [3.8, 4) is 0 Å². The van der Waals surface area contributed by atoms with E-state index in [9.17, 15) is 13.2 Å². The van der Waals surface area contributed by atoms with Crippen molar-refractivity contribution in [2.45, 2.75) is 44.3 Å². The molecule has 2 fully saturated rings. The summed E-state index contributed by atoms with van der Waals surface area (Å²) in [6.07, 6.45) is 1.29. The third kappa shape index (κ3) is 5.11. The number of rotatable bonds is 2. The third-order valence-electron chi connectivity index (χ3n) is 4.64. The molecule has 0 aromatic heterocycles. The van der Waals surface area contributed by atoms with Crippen LogP contribution in [0.4, 0.5) is 18.9 Å². The zero-order valence-corrected chi connectivity index (χ0v) is 14.2. The number of benzene rings is 1. The second-order valence-corrected chi connectivity index (χ2v) is 6.55. The number of morpholine rings is 1. The van der Waals surface area contributed by atoms with Gasteiger partial charge in [0.15, 0.2) is 5.96 Å². The predicted octanol–water partition coefficient (Wildman–Crippen LogP) is 4.14. The Morgan fingerprint density at radius 3 is 2.52 bits per heavy atom. The smallest absolute Gasteiger partial charge is 0.378 e. The van der Waals surface area contributed by atoms with Gasteiger partial charge in [0.05, 0.1) is 24.8 Å². The Morgan fingerprint density at radius 2 is 1.84 bits per heavy atom. The van der Waals surface area contributed by atoms with E-state index in [-0.39, 0.29) is 6.04 Å². The number of hydrogen-bond acceptors (Lipinski definition) is 2. The summed E-state index contributed by atoms with van der Waals surface area (Å²) in [7, 11) is 0. The average molecular weight is 355 g/mol. The van der Waals surface area contributed by atoms with Crippen molar-refractivity contribution < 1.29 is 17.9 Å². The molecule has 25 heavy (non-hydrogen) atoms. The fraction of sp³-hybridized carbons (Fsp3) is 0.611. The molecule has 138 valence electrons. The van der Waals surface area contributed by atoms with Crippen LogP contribution in [0.15, 0.2) is 29.3 Å². The largest absolute Gasteiger partial charge is 0.416 e. The Kier molecular flexibility index (Phi) is 5.83. The Bertz CT molecular complexity index is 591. The summed E-state index contributed by atoms with van der Waals surface area (Å²) in [4.78, 5) is 6.91. The first-order chi connectivity index (χ1) is 12.0. The highest BCUT2D eigenvalue weighted by molar-refractivity contribution is 5.94. The highest BCUT2D eigenvalue weighted by Crippen LogP contribution is 2.31. The second kappa shape index (κ2) is 8.08. The molecule has 0 spiro atoms. The molecule has 0 unspecified atom stereocenters. The lowest BCUT2D eigenvalue weighted by atomic mass is 9.96. The number of guanidine groups is 1. The van der Waals surface area contributed by atoms with Crippen molar-refractivity contribution >= 4 is 11.6 Å². The van der Waals surface area contributed by atoms with E-state index in [0.29, 0.717) is 38.0 Å². The van der Waals surface area contributed by atoms with Gasteiger partial charge in [-0.15, -0.1) is 0 Å². The molecule has 1 aromatic rings. The molecule has 1 aliphatic carbocycles. The average Bonchev–Trinajstić information content (AvgIpc) is 2.62. The maximum absolute atomic E-state index is 12.9. The van der Waals surface area contributed by atoms with Crippen LogP contribution in [0, 0.1) is 0 Å². The van der Waals surface area contributed by atoms with Gasteiger partial charge in [0.2, 0.25) is 0 Å². The van der Waals surface area contributed by atoms with E-state index in [4.69, 9.17) is 9.73 Å². The van der Waals surface area contributed by atoms with Gasteiger partial charge < -0.3 is 15.0 Å². The molecule has 0 radical (unpaired) electrons. The Labute approximate surface area is 146 Å². The minimum atomic E-state index is -4.35. The molecular formula is C18H24F3N3O. The third-order valence-corrected chi connectivity index (χ3v) is 4.64. The highest BCUT2D eigenvalue weighted by atomic mass is 19.4. The number of alkyl halides is 3. The summed E-state index contributed by atoms with van der Waals surface area (Å²) in [6, 6.07) is 5.52. The summed E-state index contributed by atoms with van der Waals surface area (Å²) in [5, 5.41) is 3.13. The fourth-order valence-electron chi connectivity index (χ4n) is 3.25. The predicted molar refractivity (Wildman–Crippen MR) is 91.8 cm³/mol. The monoisotopic (exact) mass is 355 g/mol. The van der Waals surface area contributed by atoms with Gasteiger partial charge in [-0.3, -0.25) is 0 Å². The van der Waals surface area contributed by atoms with Gasteiger partial charge >= 0.3 is 6.18 Å². The van der Waals surface area contributed by atoms with Crippen LogP contribution in [0.5, 0.6) is 0 Å². The zero-order valence-electron chi connectivity index (χ0n) is 14.2. The van der Waals surface area contributed by atoms with Crippen molar-refractivity contribution in [2.75, 3.05) is 31.6 Å². The van der Waals surface area contributed by atoms with Crippen molar-refractivity contribution in [1.82, 2.24) is 4.90 Å². The van der Waals surface area contributed by atoms with Crippen LogP contribution in [0.3, 0.4) is 0 Å². The minimum Gasteiger partial charge on any atom is -0.378 e. The van der Waals surface area contributed by atoms with E-state index >= 15 is 0 Å². The molecule has 2 aliphatic rings. The normalized spacial score (nSPS) is 20.6. The van der Waals surface area contributed by atoms with Gasteiger partial charge in [0.1, 0.15) is 0 Å². The molecule has 7 heteroatoms. The summed E-state index contributed by atoms with van der Waals surface area (Å²) in [6.45, 7) is 2.59. The first-order valence-corrected chi connectivity index (χ1v) is 8.87. The number of nitrogens with one attached hydrogen (secondary N) is 1. The maximum Gasteiger partial charge on any atom is 0.416 e. The van der Waals surface area contributed by atoms with Crippen molar-refractivity contribution in [2.24, 2.45) is 4.99 Å². The highest BCUT2D eigenvalue weighted by Gasteiger charge is 2.30. The summed E-state index contributed by atoms with van der Waals surface area (Å²) in [5.41, 5.74) is -0.243. The van der Waals surface area contributed by atoms with Crippen LogP contribution >= 0.6 is 0 Å². The number of halogens is 3. The van der Waals surface area contributed by atoms with Crippen LogP contribution in [0.25, 0.3) is 0 Å². The zero-order chi connectivity index (χ0) is 17.7. The van der Waals surface area contributed by atoms with Crippen molar-refractivity contribution in [3.63, 3.8) is 0 Å². The molecule has 4 nitrogen and oxygen atoms in total. The minimum absolute atomic E-state index is 0.241. The summed E-state index contributed by atoms with van der Waals surface area (Å²) >= 11 is 0. The molecule has 0 atom stereocenters. The molecule has 1 saturated heterocycles. The topological polar surface area (TPSA) is 36.9 Å². The van der Waals surface area contributed by atoms with Gasteiger partial charge in [-0.2, -0.15) is 13.2 Å². The van der Waals surface area contributed by atoms with Gasteiger partial charge in [0, 0.05) is 18.8 Å². The van der Waals surface area contributed by atoms with Crippen LogP contribution in [-0.4, -0.2) is 43.2 Å². The van der Waals surface area contributed by atoms with Crippen LogP contribution in [-0.2, 0) is 10.9 Å². The fourth-order valence-corrected chi connectivity index (χ4v) is 3.25. The number of aliphatic imine (C=N–C) groups is 1. The Morgan fingerprint density at radius 1 is 1.12 bits per heavy atom. The number of nitrogens with zero attached hydrogens (tertiary/aromatic N) is 2. The van der Waals surface area contributed by atoms with E-state index in [1.165, 1.54) is 12.5 Å². The van der Waals surface area contributed by atoms with Crippen LogP contribution in [0.2, 0.25) is 0 Å². The molecule has 0 bridgehead atoms. The van der Waals surface area contributed by atoms with Crippen LogP contribution < -0.4 is 5.32 Å². The lowest BCUT2D eigenvalue weighted by Gasteiger charge is -2.31. The van der Waals surface area contributed by atoms with E-state index in [1.54, 1.807) is 6.07 Å². The van der Waals surface area contributed by atoms with E-state index in [0.717, 1.165) is 37.8 Å². The molecular weight excluding hydrogens is 331 g/mol. The number of hydrogen-bond donors (Lipinski definition) is 1. The Balaban J connectivity index is 1.80. The van der Waals surface area contributed by atoms with E-state index in [1.807, 2.05) is 0 Å². The lowest BCUT2D eigenvalue weighted by molar-refractivity contribution is -0.137. The number of anilines is 1. The molecule has 0 amide bonds. The first-order valence-electron chi connectivity index (χ1n) is 8.87. The van der Waals surface area contributed by atoms with Gasteiger partial charge in [-0.25, -0.2) is 4.99 Å². The second-order valence-electron chi connectivity index (χ2n) is 6.55. The number of ether oxygens (including phenoxy) is 1. The quantitative estimate of drug-likeness (QED) is 0.640. The molecule has 1 heterocycles. The van der Waals surface area contributed by atoms with Gasteiger partial charge in [-0.05, 0) is 31.0 Å². The Hall–Kier alpha value is -1.76. The molecule has 1 aromatic carbocycles. The van der Waals surface area contributed by atoms with Crippen molar-refractivity contribution in [3.05, 3.63) is 29.8 Å².